The summed E-state index contributed by atoms with van der Waals surface area (Å²) in [7, 11) is 0. The molecule has 0 aromatic carbocycles. The summed E-state index contributed by atoms with van der Waals surface area (Å²) in [6.45, 7) is 3.57. The fourth-order valence-electron chi connectivity index (χ4n) is 2.06. The lowest BCUT2D eigenvalue weighted by molar-refractivity contribution is -0.0710. The van der Waals surface area contributed by atoms with Gasteiger partial charge in [-0.25, -0.2) is 5.90 Å². The third kappa shape index (κ3) is 2.24. The molecule has 1 unspecified atom stereocenters. The van der Waals surface area contributed by atoms with Crippen LogP contribution in [0.25, 0.3) is 0 Å². The molecule has 1 atom stereocenters. The van der Waals surface area contributed by atoms with Gasteiger partial charge in [0.15, 0.2) is 0 Å². The van der Waals surface area contributed by atoms with E-state index in [1.54, 1.807) is 0 Å². The highest BCUT2D eigenvalue weighted by Crippen LogP contribution is 2.28. The van der Waals surface area contributed by atoms with Crippen LogP contribution in [0, 0.1) is 5.92 Å². The van der Waals surface area contributed by atoms with Crippen molar-refractivity contribution in [3.63, 3.8) is 0 Å². The first kappa shape index (κ1) is 12.5. The van der Waals surface area contributed by atoms with Crippen LogP contribution in [0.4, 0.5) is 0 Å². The number of hydrogen-bond acceptors (Lipinski definition) is 3. The number of hydrogen-bond donors (Lipinski definition) is 1. The second-order valence-corrected chi connectivity index (χ2v) is 3.31. The molecule has 0 aliphatic carbocycles. The Kier molecular flexibility index (Phi) is 5.45. The molecule has 3 heterocycles. The van der Waals surface area contributed by atoms with Crippen molar-refractivity contribution < 1.29 is 4.84 Å². The lowest BCUT2D eigenvalue weighted by Gasteiger charge is -2.43. The normalized spacial score (nSPS) is 38.2. The minimum Gasteiger partial charge on any atom is -0.301 e. The predicted octanol–water partition coefficient (Wildman–Crippen LogP) is 0.815. The number of piperidine rings is 3. The van der Waals surface area contributed by atoms with E-state index in [0.29, 0.717) is 6.10 Å². The summed E-state index contributed by atoms with van der Waals surface area (Å²) in [5.41, 5.74) is 0. The Labute approximate surface area is 85.4 Å². The van der Waals surface area contributed by atoms with Gasteiger partial charge >= 0.3 is 0 Å². The summed E-state index contributed by atoms with van der Waals surface area (Å²) in [5, 5.41) is 0. The zero-order valence-electron chi connectivity index (χ0n) is 6.94. The molecule has 12 heavy (non-hydrogen) atoms. The number of nitrogens with two attached hydrogens (primary N) is 1. The fraction of sp³-hybridized carbons (Fsp3) is 1.00. The van der Waals surface area contributed by atoms with E-state index in [1.807, 2.05) is 0 Å². The molecule has 3 nitrogen and oxygen atoms in total. The van der Waals surface area contributed by atoms with E-state index < -0.39 is 0 Å². The Bertz CT molecular complexity index is 129. The lowest BCUT2D eigenvalue weighted by Crippen LogP contribution is -2.52. The Balaban J connectivity index is 0.000000605. The molecule has 0 aromatic heterocycles. The Hall–Kier alpha value is 0.460. The molecule has 2 N–H and O–H groups in total. The average Bonchev–Trinajstić information content (AvgIpc) is 2.06. The second-order valence-electron chi connectivity index (χ2n) is 3.31. The van der Waals surface area contributed by atoms with Crippen LogP contribution in [-0.4, -0.2) is 30.6 Å². The summed E-state index contributed by atoms with van der Waals surface area (Å²) in [6.07, 6.45) is 2.88. The van der Waals surface area contributed by atoms with E-state index in [1.165, 1.54) is 25.9 Å². The lowest BCUT2D eigenvalue weighted by atomic mass is 9.86. The van der Waals surface area contributed by atoms with Gasteiger partial charge in [-0.3, -0.25) is 4.84 Å². The zero-order valence-corrected chi connectivity index (χ0v) is 8.57. The second kappa shape index (κ2) is 5.25. The Morgan fingerprint density at radius 3 is 2.00 bits per heavy atom. The molecule has 3 saturated heterocycles. The van der Waals surface area contributed by atoms with Crippen molar-refractivity contribution in [2.24, 2.45) is 11.8 Å². The van der Waals surface area contributed by atoms with Crippen LogP contribution >= 0.6 is 24.8 Å². The molecule has 3 fully saturated rings. The topological polar surface area (TPSA) is 38.5 Å². The van der Waals surface area contributed by atoms with Gasteiger partial charge in [0.1, 0.15) is 0 Å². The van der Waals surface area contributed by atoms with Crippen molar-refractivity contribution in [1.82, 2.24) is 4.90 Å². The van der Waals surface area contributed by atoms with Gasteiger partial charge in [0, 0.05) is 6.54 Å². The molecule has 0 spiro atoms. The van der Waals surface area contributed by atoms with Crippen LogP contribution in [0.3, 0.4) is 0 Å². The van der Waals surface area contributed by atoms with Crippen molar-refractivity contribution in [3.05, 3.63) is 0 Å². The molecule has 3 aliphatic rings. The molecule has 3 rings (SSSR count). The van der Waals surface area contributed by atoms with Crippen LogP contribution in [0.5, 0.6) is 0 Å². The monoisotopic (exact) mass is 214 g/mol. The number of fused-ring (bicyclic) bond motifs is 3. The Morgan fingerprint density at radius 2 is 1.75 bits per heavy atom. The SMILES string of the molecule is Cl.Cl.NOC1CN2CCC1CC2. The van der Waals surface area contributed by atoms with Crippen LogP contribution in [-0.2, 0) is 4.84 Å². The molecular formula is C7H16Cl2N2O. The summed E-state index contributed by atoms with van der Waals surface area (Å²) >= 11 is 0. The van der Waals surface area contributed by atoms with Gasteiger partial charge in [0.2, 0.25) is 0 Å². The highest BCUT2D eigenvalue weighted by molar-refractivity contribution is 5.85. The van der Waals surface area contributed by atoms with Gasteiger partial charge in [-0.2, -0.15) is 0 Å². The Morgan fingerprint density at radius 1 is 1.17 bits per heavy atom. The quantitative estimate of drug-likeness (QED) is 0.658. The van der Waals surface area contributed by atoms with Crippen LogP contribution in [0.2, 0.25) is 0 Å². The van der Waals surface area contributed by atoms with Gasteiger partial charge < -0.3 is 4.90 Å². The highest BCUT2D eigenvalue weighted by Gasteiger charge is 2.34. The maximum atomic E-state index is 5.16. The van der Waals surface area contributed by atoms with E-state index in [9.17, 15) is 0 Å². The smallest absolute Gasteiger partial charge is 0.0942 e. The van der Waals surface area contributed by atoms with Crippen molar-refractivity contribution >= 4 is 24.8 Å². The van der Waals surface area contributed by atoms with E-state index in [0.717, 1.165) is 12.5 Å². The van der Waals surface area contributed by atoms with Crippen LogP contribution in [0.15, 0.2) is 0 Å². The molecular weight excluding hydrogens is 199 g/mol. The number of nitrogens with zero attached hydrogens (tertiary/aromatic N) is 1. The molecule has 3 aliphatic heterocycles. The van der Waals surface area contributed by atoms with Crippen LogP contribution in [0.1, 0.15) is 12.8 Å². The first-order chi connectivity index (χ1) is 4.90. The minimum absolute atomic E-state index is 0. The van der Waals surface area contributed by atoms with Crippen molar-refractivity contribution in [3.8, 4) is 0 Å². The maximum absolute atomic E-state index is 5.16. The summed E-state index contributed by atoms with van der Waals surface area (Å²) < 4.78 is 0. The summed E-state index contributed by atoms with van der Waals surface area (Å²) in [4.78, 5) is 7.31. The van der Waals surface area contributed by atoms with E-state index in [2.05, 4.69) is 4.90 Å². The van der Waals surface area contributed by atoms with E-state index in [4.69, 9.17) is 10.7 Å². The third-order valence-electron chi connectivity index (χ3n) is 2.77. The first-order valence-corrected chi connectivity index (χ1v) is 3.98. The average molecular weight is 215 g/mol. The van der Waals surface area contributed by atoms with Crippen molar-refractivity contribution in [2.45, 2.75) is 18.9 Å². The molecule has 0 radical (unpaired) electrons. The molecule has 0 amide bonds. The third-order valence-corrected chi connectivity index (χ3v) is 2.77. The molecule has 2 bridgehead atoms. The van der Waals surface area contributed by atoms with Crippen molar-refractivity contribution in [1.29, 1.82) is 0 Å². The highest BCUT2D eigenvalue weighted by atomic mass is 35.5. The standard InChI is InChI=1S/C7H14N2O.2ClH/c8-10-7-5-9-3-1-6(7)2-4-9;;/h6-7H,1-5,8H2;2*1H. The van der Waals surface area contributed by atoms with Gasteiger partial charge in [0.25, 0.3) is 0 Å². The fourth-order valence-corrected chi connectivity index (χ4v) is 2.06. The van der Waals surface area contributed by atoms with Gasteiger partial charge in [0.05, 0.1) is 6.10 Å². The zero-order chi connectivity index (χ0) is 6.97. The van der Waals surface area contributed by atoms with E-state index in [-0.39, 0.29) is 24.8 Å². The first-order valence-electron chi connectivity index (χ1n) is 3.98. The molecule has 0 aromatic rings. The minimum atomic E-state index is 0. The predicted molar refractivity (Wildman–Crippen MR) is 52.7 cm³/mol. The maximum Gasteiger partial charge on any atom is 0.0942 e. The number of halogens is 2. The largest absolute Gasteiger partial charge is 0.301 e. The van der Waals surface area contributed by atoms with E-state index >= 15 is 0 Å². The molecule has 0 saturated carbocycles. The van der Waals surface area contributed by atoms with Crippen LogP contribution < -0.4 is 5.90 Å². The molecule has 5 heteroatoms. The van der Waals surface area contributed by atoms with Crippen molar-refractivity contribution in [2.75, 3.05) is 19.6 Å². The van der Waals surface area contributed by atoms with Gasteiger partial charge in [-0.05, 0) is 31.8 Å². The number of rotatable bonds is 1. The molecule has 74 valence electrons. The van der Waals surface area contributed by atoms with Gasteiger partial charge in [-0.1, -0.05) is 0 Å². The van der Waals surface area contributed by atoms with Gasteiger partial charge in [-0.15, -0.1) is 24.8 Å². The summed E-state index contributed by atoms with van der Waals surface area (Å²) in [5.74, 6) is 5.91. The summed E-state index contributed by atoms with van der Waals surface area (Å²) in [6, 6.07) is 0.